The van der Waals surface area contributed by atoms with Gasteiger partial charge in [0.05, 0.1) is 5.41 Å². The highest BCUT2D eigenvalue weighted by molar-refractivity contribution is 9.10. The average Bonchev–Trinajstić information content (AvgIpc) is 3.35. The zero-order valence-corrected chi connectivity index (χ0v) is 20.8. The Hall–Kier alpha value is -1.86. The summed E-state index contributed by atoms with van der Waals surface area (Å²) in [6.45, 7) is 0.835. The molecule has 1 aliphatic carbocycles. The monoisotopic (exact) mass is 548 g/mol. The van der Waals surface area contributed by atoms with Gasteiger partial charge in [0, 0.05) is 38.0 Å². The molecule has 5 rings (SSSR count). The summed E-state index contributed by atoms with van der Waals surface area (Å²) in [6.07, 6.45) is 1.75. The molecule has 2 amide bonds. The summed E-state index contributed by atoms with van der Waals surface area (Å²) in [5, 5.41) is 5.98. The van der Waals surface area contributed by atoms with E-state index in [2.05, 4.69) is 21.2 Å². The summed E-state index contributed by atoms with van der Waals surface area (Å²) in [7, 11) is 0. The Morgan fingerprint density at radius 2 is 1.66 bits per heavy atom. The van der Waals surface area contributed by atoms with Crippen LogP contribution in [0.1, 0.15) is 33.6 Å². The minimum absolute atomic E-state index is 0.146. The maximum atomic E-state index is 13.4. The Bertz CT molecular complexity index is 1170. The number of carbonyl (C=O) groups is 2. The van der Waals surface area contributed by atoms with Crippen LogP contribution in [0, 0.1) is 0 Å². The molecule has 1 aromatic heterocycles. The lowest BCUT2D eigenvalue weighted by atomic mass is 9.80. The van der Waals surface area contributed by atoms with E-state index in [9.17, 15) is 9.59 Å². The molecule has 2 aliphatic rings. The van der Waals surface area contributed by atoms with E-state index in [1.807, 2.05) is 46.7 Å². The summed E-state index contributed by atoms with van der Waals surface area (Å²) < 4.78 is 0.950. The van der Waals surface area contributed by atoms with Gasteiger partial charge in [0.1, 0.15) is 5.54 Å². The van der Waals surface area contributed by atoms with Crippen molar-refractivity contribution in [2.24, 2.45) is 0 Å². The number of likely N-dealkylation sites (tertiary alicyclic amines) is 1. The van der Waals surface area contributed by atoms with Crippen molar-refractivity contribution in [2.45, 2.75) is 23.8 Å². The van der Waals surface area contributed by atoms with Crippen molar-refractivity contribution in [1.29, 1.82) is 0 Å². The van der Waals surface area contributed by atoms with Crippen LogP contribution in [-0.4, -0.2) is 29.8 Å². The van der Waals surface area contributed by atoms with Crippen molar-refractivity contribution in [3.8, 4) is 0 Å². The van der Waals surface area contributed by atoms with Gasteiger partial charge in [0.25, 0.3) is 5.91 Å². The van der Waals surface area contributed by atoms with E-state index < -0.39 is 5.54 Å². The molecule has 0 radical (unpaired) electrons. The lowest BCUT2D eigenvalue weighted by molar-refractivity contribution is -0.142. The van der Waals surface area contributed by atoms with Gasteiger partial charge >= 0.3 is 0 Å². The van der Waals surface area contributed by atoms with Crippen LogP contribution in [0.4, 0.5) is 0 Å². The highest BCUT2D eigenvalue weighted by Crippen LogP contribution is 2.52. The van der Waals surface area contributed by atoms with E-state index in [0.29, 0.717) is 28.7 Å². The van der Waals surface area contributed by atoms with E-state index in [-0.39, 0.29) is 17.2 Å². The third-order valence-electron chi connectivity index (χ3n) is 6.24. The lowest BCUT2D eigenvalue weighted by Crippen LogP contribution is -2.70. The Morgan fingerprint density at radius 3 is 2.22 bits per heavy atom. The summed E-state index contributed by atoms with van der Waals surface area (Å²) in [4.78, 5) is 29.5. The van der Waals surface area contributed by atoms with E-state index in [1.54, 1.807) is 29.5 Å². The summed E-state index contributed by atoms with van der Waals surface area (Å²) in [5.74, 6) is -0.128. The van der Waals surface area contributed by atoms with Crippen molar-refractivity contribution in [3.63, 3.8) is 0 Å². The van der Waals surface area contributed by atoms with Gasteiger partial charge in [-0.1, -0.05) is 57.3 Å². The lowest BCUT2D eigenvalue weighted by Gasteiger charge is -2.51. The molecule has 0 atom stereocenters. The smallest absolute Gasteiger partial charge is 0.252 e. The van der Waals surface area contributed by atoms with E-state index in [1.165, 1.54) is 0 Å². The van der Waals surface area contributed by atoms with Gasteiger partial charge in [-0.05, 0) is 60.2 Å². The predicted molar refractivity (Wildman–Crippen MR) is 132 cm³/mol. The third-order valence-corrected chi connectivity index (χ3v) is 8.27. The Kier molecular flexibility index (Phi) is 5.61. The molecular formula is C24H19BrCl2N2O2S. The van der Waals surface area contributed by atoms with Gasteiger partial charge in [-0.3, -0.25) is 9.59 Å². The minimum atomic E-state index is -0.673. The normalized spacial score (nSPS) is 18.0. The van der Waals surface area contributed by atoms with Crippen molar-refractivity contribution in [1.82, 2.24) is 10.2 Å². The van der Waals surface area contributed by atoms with Gasteiger partial charge in [0.2, 0.25) is 5.91 Å². The van der Waals surface area contributed by atoms with Crippen LogP contribution in [0.5, 0.6) is 0 Å². The molecule has 2 heterocycles. The first kappa shape index (κ1) is 22.0. The number of rotatable bonds is 5. The third kappa shape index (κ3) is 3.87. The highest BCUT2D eigenvalue weighted by atomic mass is 79.9. The van der Waals surface area contributed by atoms with Crippen molar-refractivity contribution in [3.05, 3.63) is 90.5 Å². The number of amides is 2. The number of halogens is 3. The molecule has 8 heteroatoms. The van der Waals surface area contributed by atoms with Crippen LogP contribution in [0.3, 0.4) is 0 Å². The van der Waals surface area contributed by atoms with Crippen molar-refractivity contribution >= 4 is 62.3 Å². The van der Waals surface area contributed by atoms with Crippen molar-refractivity contribution in [2.75, 3.05) is 13.1 Å². The molecular weight excluding hydrogens is 531 g/mol. The van der Waals surface area contributed by atoms with E-state index >= 15 is 0 Å². The molecule has 32 heavy (non-hydrogen) atoms. The highest BCUT2D eigenvalue weighted by Gasteiger charge is 2.58. The fourth-order valence-corrected chi connectivity index (χ4v) is 6.14. The topological polar surface area (TPSA) is 49.4 Å². The van der Waals surface area contributed by atoms with Crippen LogP contribution < -0.4 is 5.32 Å². The maximum Gasteiger partial charge on any atom is 0.252 e. The molecule has 1 saturated heterocycles. The SMILES string of the molecule is O=C(NC1(c2ccc(Br)cc2)CN(C(=O)C2(c3cccs3)CC2)C1)c1cc(Cl)cc(Cl)c1. The van der Waals surface area contributed by atoms with E-state index in [4.69, 9.17) is 23.2 Å². The van der Waals surface area contributed by atoms with Gasteiger partial charge in [-0.15, -0.1) is 11.3 Å². The Labute approximate surface area is 208 Å². The molecule has 2 aromatic carbocycles. The second-order valence-corrected chi connectivity index (χ2v) is 11.2. The summed E-state index contributed by atoms with van der Waals surface area (Å²) in [5.41, 5.74) is 0.284. The zero-order chi connectivity index (χ0) is 22.5. The van der Waals surface area contributed by atoms with Gasteiger partial charge < -0.3 is 10.2 Å². The molecule has 164 valence electrons. The molecule has 0 unspecified atom stereocenters. The molecule has 0 bridgehead atoms. The molecule has 2 fully saturated rings. The van der Waals surface area contributed by atoms with Crippen molar-refractivity contribution < 1.29 is 9.59 Å². The van der Waals surface area contributed by atoms with Crippen LogP contribution in [0.2, 0.25) is 10.0 Å². The Morgan fingerprint density at radius 1 is 1.00 bits per heavy atom. The number of carbonyl (C=O) groups excluding carboxylic acids is 2. The number of hydrogen-bond acceptors (Lipinski definition) is 3. The first-order valence-electron chi connectivity index (χ1n) is 10.2. The van der Waals surface area contributed by atoms with Crippen LogP contribution in [0.15, 0.2) is 64.5 Å². The predicted octanol–water partition coefficient (Wildman–Crippen LogP) is 6.02. The maximum absolute atomic E-state index is 13.4. The first-order valence-corrected chi connectivity index (χ1v) is 12.6. The summed E-state index contributed by atoms with van der Waals surface area (Å²) >= 11 is 17.3. The van der Waals surface area contributed by atoms with Gasteiger partial charge in [-0.25, -0.2) is 0 Å². The average molecular weight is 550 g/mol. The summed E-state index contributed by atoms with van der Waals surface area (Å²) in [6, 6.07) is 16.6. The van der Waals surface area contributed by atoms with Crippen LogP contribution in [-0.2, 0) is 15.7 Å². The van der Waals surface area contributed by atoms with Crippen LogP contribution >= 0.6 is 50.5 Å². The molecule has 1 N–H and O–H groups in total. The fraction of sp³-hybridized carbons (Fsp3) is 0.250. The van der Waals surface area contributed by atoms with Crippen LogP contribution in [0.25, 0.3) is 0 Å². The molecule has 1 aliphatic heterocycles. The minimum Gasteiger partial charge on any atom is -0.339 e. The van der Waals surface area contributed by atoms with Gasteiger partial charge in [-0.2, -0.15) is 0 Å². The molecule has 0 spiro atoms. The molecule has 1 saturated carbocycles. The van der Waals surface area contributed by atoms with E-state index in [0.717, 1.165) is 27.8 Å². The zero-order valence-electron chi connectivity index (χ0n) is 16.9. The number of thiophene rings is 1. The molecule has 4 nitrogen and oxygen atoms in total. The Balaban J connectivity index is 1.41. The largest absolute Gasteiger partial charge is 0.339 e. The quantitative estimate of drug-likeness (QED) is 0.423. The van der Waals surface area contributed by atoms with Gasteiger partial charge in [0.15, 0.2) is 0 Å². The second-order valence-electron chi connectivity index (χ2n) is 8.42. The fourth-order valence-electron chi connectivity index (χ4n) is 4.37. The number of nitrogens with one attached hydrogen (secondary N) is 1. The number of benzene rings is 2. The standard InChI is InChI=1S/C24H19BrCl2N2O2S/c25-17-5-3-16(4-6-17)24(28-21(30)15-10-18(26)12-19(27)11-15)13-29(14-24)22(31)23(7-8-23)20-2-1-9-32-20/h1-6,9-12H,7-8,13-14H2,(H,28,30). The second kappa shape index (κ2) is 8.17. The number of hydrogen-bond donors (Lipinski definition) is 1. The molecule has 3 aromatic rings. The number of nitrogens with zero attached hydrogens (tertiary/aromatic N) is 1. The first-order chi connectivity index (χ1) is 15.3.